The minimum atomic E-state index is -0.252. The molecule has 0 amide bonds. The first-order chi connectivity index (χ1) is 7.18. The molecule has 0 unspecified atom stereocenters. The Morgan fingerprint density at radius 2 is 1.40 bits per heavy atom. The molecule has 3 nitrogen and oxygen atoms in total. The van der Waals surface area contributed by atoms with E-state index in [0.29, 0.717) is 0 Å². The topological polar surface area (TPSA) is 27.7 Å². The molecule has 0 N–H and O–H groups in total. The van der Waals surface area contributed by atoms with Gasteiger partial charge in [0.1, 0.15) is 0 Å². The van der Waals surface area contributed by atoms with Crippen molar-refractivity contribution >= 4 is 0 Å². The highest BCUT2D eigenvalue weighted by Gasteiger charge is 2.44. The first-order valence-electron chi connectivity index (χ1n) is 6.01. The van der Waals surface area contributed by atoms with Crippen LogP contribution in [0.4, 0.5) is 0 Å². The molecule has 0 aromatic rings. The minimum absolute atomic E-state index is 0.0422. The maximum atomic E-state index is 5.64. The van der Waals surface area contributed by atoms with Crippen molar-refractivity contribution in [1.29, 1.82) is 0 Å². The van der Waals surface area contributed by atoms with E-state index >= 15 is 0 Å². The van der Waals surface area contributed by atoms with Crippen LogP contribution in [0.15, 0.2) is 0 Å². The molecule has 90 valence electrons. The molecule has 3 heteroatoms. The second-order valence-electron chi connectivity index (χ2n) is 4.26. The predicted molar refractivity (Wildman–Crippen MR) is 59.9 cm³/mol. The van der Waals surface area contributed by atoms with Gasteiger partial charge in [0, 0.05) is 20.0 Å². The molecule has 1 heterocycles. The van der Waals surface area contributed by atoms with Crippen molar-refractivity contribution in [2.75, 3.05) is 20.3 Å². The van der Waals surface area contributed by atoms with E-state index in [0.717, 1.165) is 38.9 Å². The fourth-order valence-electron chi connectivity index (χ4n) is 2.15. The molecule has 15 heavy (non-hydrogen) atoms. The quantitative estimate of drug-likeness (QED) is 0.674. The molecule has 0 aromatic heterocycles. The molecule has 0 radical (unpaired) electrons. The Balaban J connectivity index is 0.000000531. The first-order valence-corrected chi connectivity index (χ1v) is 6.01. The van der Waals surface area contributed by atoms with E-state index in [2.05, 4.69) is 6.92 Å². The van der Waals surface area contributed by atoms with Gasteiger partial charge in [0.25, 0.3) is 0 Å². The van der Waals surface area contributed by atoms with E-state index in [1.165, 1.54) is 0 Å². The molecule has 0 bridgehead atoms. The van der Waals surface area contributed by atoms with E-state index in [4.69, 9.17) is 14.2 Å². The van der Waals surface area contributed by atoms with Gasteiger partial charge in [0.15, 0.2) is 5.79 Å². The maximum absolute atomic E-state index is 5.64. The van der Waals surface area contributed by atoms with Gasteiger partial charge in [-0.2, -0.15) is 0 Å². The van der Waals surface area contributed by atoms with Crippen molar-refractivity contribution in [2.45, 2.75) is 57.8 Å². The highest BCUT2D eigenvalue weighted by atomic mass is 16.7. The summed E-state index contributed by atoms with van der Waals surface area (Å²) < 4.78 is 16.8. The summed E-state index contributed by atoms with van der Waals surface area (Å²) >= 11 is 0. The molecule has 1 spiro atoms. The Labute approximate surface area is 93.1 Å². The molecular formula is C12H24O3. The van der Waals surface area contributed by atoms with Crippen molar-refractivity contribution in [3.05, 3.63) is 0 Å². The van der Waals surface area contributed by atoms with E-state index in [1.807, 2.05) is 13.8 Å². The summed E-state index contributed by atoms with van der Waals surface area (Å²) in [6, 6.07) is 0. The van der Waals surface area contributed by atoms with E-state index in [1.54, 1.807) is 7.11 Å². The van der Waals surface area contributed by atoms with Crippen LogP contribution in [0.2, 0.25) is 0 Å². The summed E-state index contributed by atoms with van der Waals surface area (Å²) in [4.78, 5) is 0. The number of hydrogen-bond donors (Lipinski definition) is 0. The lowest BCUT2D eigenvalue weighted by atomic mass is 9.82. The fourth-order valence-corrected chi connectivity index (χ4v) is 2.15. The van der Waals surface area contributed by atoms with Crippen molar-refractivity contribution < 1.29 is 14.2 Å². The average molecular weight is 216 g/mol. The SMILES string of the molecule is CC.COC1(C)CCC2(CC1)OCCO2. The second kappa shape index (κ2) is 5.28. The van der Waals surface area contributed by atoms with Crippen LogP contribution in [0.25, 0.3) is 0 Å². The van der Waals surface area contributed by atoms with E-state index in [9.17, 15) is 0 Å². The lowest BCUT2D eigenvalue weighted by molar-refractivity contribution is -0.203. The summed E-state index contributed by atoms with van der Waals surface area (Å²) in [5, 5.41) is 0. The normalized spacial score (nSPS) is 27.2. The summed E-state index contributed by atoms with van der Waals surface area (Å²) in [6.45, 7) is 7.67. The van der Waals surface area contributed by atoms with Crippen LogP contribution in [0.1, 0.15) is 46.5 Å². The van der Waals surface area contributed by atoms with Crippen LogP contribution < -0.4 is 0 Å². The van der Waals surface area contributed by atoms with Crippen LogP contribution in [0.3, 0.4) is 0 Å². The minimum Gasteiger partial charge on any atom is -0.379 e. The molecular weight excluding hydrogens is 192 g/mol. The summed E-state index contributed by atoms with van der Waals surface area (Å²) in [6.07, 6.45) is 4.00. The molecule has 1 aliphatic heterocycles. The zero-order valence-corrected chi connectivity index (χ0v) is 10.5. The smallest absolute Gasteiger partial charge is 0.168 e. The Kier molecular flexibility index (Phi) is 4.56. The summed E-state index contributed by atoms with van der Waals surface area (Å²) in [7, 11) is 1.79. The van der Waals surface area contributed by atoms with Gasteiger partial charge in [0.2, 0.25) is 0 Å². The average Bonchev–Trinajstić information content (AvgIpc) is 2.75. The van der Waals surface area contributed by atoms with Gasteiger partial charge >= 0.3 is 0 Å². The third-order valence-electron chi connectivity index (χ3n) is 3.38. The van der Waals surface area contributed by atoms with Crippen LogP contribution in [-0.4, -0.2) is 31.7 Å². The zero-order valence-electron chi connectivity index (χ0n) is 10.5. The monoisotopic (exact) mass is 216 g/mol. The van der Waals surface area contributed by atoms with Crippen molar-refractivity contribution in [3.63, 3.8) is 0 Å². The molecule has 1 aliphatic carbocycles. The third kappa shape index (κ3) is 2.92. The van der Waals surface area contributed by atoms with Crippen molar-refractivity contribution in [2.24, 2.45) is 0 Å². The van der Waals surface area contributed by atoms with Crippen LogP contribution in [0, 0.1) is 0 Å². The zero-order chi connectivity index (χ0) is 11.4. The lowest BCUT2D eigenvalue weighted by Crippen LogP contribution is -2.42. The highest BCUT2D eigenvalue weighted by molar-refractivity contribution is 4.89. The Morgan fingerprint density at radius 3 is 1.80 bits per heavy atom. The van der Waals surface area contributed by atoms with Gasteiger partial charge in [-0.15, -0.1) is 0 Å². The third-order valence-corrected chi connectivity index (χ3v) is 3.38. The van der Waals surface area contributed by atoms with E-state index in [-0.39, 0.29) is 11.4 Å². The van der Waals surface area contributed by atoms with Crippen LogP contribution in [0.5, 0.6) is 0 Å². The van der Waals surface area contributed by atoms with Crippen molar-refractivity contribution in [1.82, 2.24) is 0 Å². The molecule has 2 fully saturated rings. The molecule has 2 aliphatic rings. The summed E-state index contributed by atoms with van der Waals surface area (Å²) in [5.74, 6) is -0.252. The van der Waals surface area contributed by atoms with Gasteiger partial charge in [-0.25, -0.2) is 0 Å². The Bertz CT molecular complexity index is 175. The largest absolute Gasteiger partial charge is 0.379 e. The molecule has 0 atom stereocenters. The number of hydrogen-bond acceptors (Lipinski definition) is 3. The molecule has 1 saturated heterocycles. The predicted octanol–water partition coefficient (Wildman–Crippen LogP) is 2.73. The maximum Gasteiger partial charge on any atom is 0.168 e. The van der Waals surface area contributed by atoms with Gasteiger partial charge in [-0.3, -0.25) is 0 Å². The molecule has 2 rings (SSSR count). The Morgan fingerprint density at radius 1 is 0.933 bits per heavy atom. The number of methoxy groups -OCH3 is 1. The number of ether oxygens (including phenoxy) is 3. The van der Waals surface area contributed by atoms with Gasteiger partial charge in [-0.1, -0.05) is 13.8 Å². The van der Waals surface area contributed by atoms with Crippen molar-refractivity contribution in [3.8, 4) is 0 Å². The van der Waals surface area contributed by atoms with Crippen LogP contribution in [-0.2, 0) is 14.2 Å². The van der Waals surface area contributed by atoms with Gasteiger partial charge in [-0.05, 0) is 19.8 Å². The number of rotatable bonds is 1. The molecule has 1 saturated carbocycles. The van der Waals surface area contributed by atoms with Gasteiger partial charge in [0.05, 0.1) is 18.8 Å². The standard InChI is InChI=1S/C10H18O3.C2H6/c1-9(11-2)3-5-10(6-4-9)12-7-8-13-10;1-2/h3-8H2,1-2H3;1-2H3. The molecule has 0 aromatic carbocycles. The Hall–Kier alpha value is -0.120. The summed E-state index contributed by atoms with van der Waals surface area (Å²) in [5.41, 5.74) is 0.0422. The highest BCUT2D eigenvalue weighted by Crippen LogP contribution is 2.41. The lowest BCUT2D eigenvalue weighted by Gasteiger charge is -2.40. The fraction of sp³-hybridized carbons (Fsp3) is 1.00. The second-order valence-corrected chi connectivity index (χ2v) is 4.26. The first kappa shape index (κ1) is 12.9. The van der Waals surface area contributed by atoms with Gasteiger partial charge < -0.3 is 14.2 Å². The van der Waals surface area contributed by atoms with E-state index < -0.39 is 0 Å². The van der Waals surface area contributed by atoms with Crippen LogP contribution >= 0.6 is 0 Å².